The number of para-hydroxylation sites is 1. The molecule has 10 heteroatoms. The third-order valence-corrected chi connectivity index (χ3v) is 2.65. The lowest BCUT2D eigenvalue weighted by Gasteiger charge is -2.06. The molecule has 9 nitrogen and oxygen atoms in total. The van der Waals surface area contributed by atoms with E-state index in [1.165, 1.54) is 24.3 Å². The molecular formula is C12H8FN3O6. The van der Waals surface area contributed by atoms with Crippen LogP contribution in [0.25, 0.3) is 0 Å². The van der Waals surface area contributed by atoms with Gasteiger partial charge in [0.2, 0.25) is 5.82 Å². The second-order valence-electron chi connectivity index (χ2n) is 4.02. The van der Waals surface area contributed by atoms with Crippen LogP contribution in [0.2, 0.25) is 0 Å². The summed E-state index contributed by atoms with van der Waals surface area (Å²) in [5, 5.41) is 10.8. The summed E-state index contributed by atoms with van der Waals surface area (Å²) >= 11 is 0. The molecule has 1 aromatic carbocycles. The molecular weight excluding hydrogens is 301 g/mol. The zero-order valence-electron chi connectivity index (χ0n) is 10.8. The Balaban J connectivity index is 2.26. The fourth-order valence-electron chi connectivity index (χ4n) is 1.63. The number of ether oxygens (including phenoxy) is 1. The standard InChI is InChI=1S/C12H8FN3O6/c13-8-5-14-11(18)15(10(8)17)12(19)22-6-7-3-1-2-4-9(7)16(20)21/h1-5H,6H2,(H,14,18). The highest BCUT2D eigenvalue weighted by Crippen LogP contribution is 2.18. The molecule has 0 spiro atoms. The molecule has 0 atom stereocenters. The summed E-state index contributed by atoms with van der Waals surface area (Å²) in [6, 6.07) is 5.44. The molecule has 0 radical (unpaired) electrons. The molecule has 0 saturated heterocycles. The number of nitro benzene ring substituents is 1. The molecule has 114 valence electrons. The van der Waals surface area contributed by atoms with Gasteiger partial charge < -0.3 is 9.72 Å². The van der Waals surface area contributed by atoms with Crippen molar-refractivity contribution in [3.05, 3.63) is 72.8 Å². The quantitative estimate of drug-likeness (QED) is 0.659. The number of H-pyrrole nitrogens is 1. The minimum Gasteiger partial charge on any atom is -0.444 e. The number of halogens is 1. The van der Waals surface area contributed by atoms with Crippen LogP contribution in [0.1, 0.15) is 5.56 Å². The molecule has 2 rings (SSSR count). The summed E-state index contributed by atoms with van der Waals surface area (Å²) in [6.07, 6.45) is -0.930. The Morgan fingerprint density at radius 1 is 1.36 bits per heavy atom. The smallest absolute Gasteiger partial charge is 0.425 e. The number of aromatic nitrogens is 2. The Hall–Kier alpha value is -3.30. The average molecular weight is 309 g/mol. The zero-order chi connectivity index (χ0) is 16.3. The average Bonchev–Trinajstić information content (AvgIpc) is 2.49. The number of hydrogen-bond donors (Lipinski definition) is 1. The summed E-state index contributed by atoms with van der Waals surface area (Å²) in [7, 11) is 0. The van der Waals surface area contributed by atoms with Crippen LogP contribution in [-0.2, 0) is 11.3 Å². The molecule has 22 heavy (non-hydrogen) atoms. The molecule has 0 unspecified atom stereocenters. The predicted octanol–water partition coefficient (Wildman–Crippen LogP) is 0.769. The number of hydrogen-bond acceptors (Lipinski definition) is 6. The molecule has 1 aromatic heterocycles. The molecule has 0 fully saturated rings. The first-order chi connectivity index (χ1) is 10.4. The molecule has 0 aliphatic carbocycles. The van der Waals surface area contributed by atoms with Crippen LogP contribution in [0, 0.1) is 15.9 Å². The van der Waals surface area contributed by atoms with E-state index in [4.69, 9.17) is 0 Å². The van der Waals surface area contributed by atoms with Gasteiger partial charge in [-0.15, -0.1) is 0 Å². The number of nitrogens with zero attached hydrogens (tertiary/aromatic N) is 2. The largest absolute Gasteiger partial charge is 0.444 e. The Morgan fingerprint density at radius 2 is 2.05 bits per heavy atom. The summed E-state index contributed by atoms with van der Waals surface area (Å²) in [6.45, 7) is -0.557. The van der Waals surface area contributed by atoms with Crippen molar-refractivity contribution in [2.24, 2.45) is 0 Å². The van der Waals surface area contributed by atoms with Crippen molar-refractivity contribution in [2.45, 2.75) is 6.61 Å². The van der Waals surface area contributed by atoms with Gasteiger partial charge in [-0.25, -0.2) is 9.59 Å². The maximum Gasteiger partial charge on any atom is 0.425 e. The van der Waals surface area contributed by atoms with Crippen molar-refractivity contribution in [1.29, 1.82) is 0 Å². The van der Waals surface area contributed by atoms with Gasteiger partial charge in [-0.05, 0) is 6.07 Å². The van der Waals surface area contributed by atoms with Crippen LogP contribution in [0.5, 0.6) is 0 Å². The van der Waals surface area contributed by atoms with Gasteiger partial charge in [0.15, 0.2) is 0 Å². The van der Waals surface area contributed by atoms with Crippen molar-refractivity contribution in [3.8, 4) is 0 Å². The van der Waals surface area contributed by atoms with E-state index in [0.717, 1.165) is 0 Å². The van der Waals surface area contributed by atoms with E-state index in [1.807, 2.05) is 4.98 Å². The van der Waals surface area contributed by atoms with Crippen molar-refractivity contribution in [1.82, 2.24) is 9.55 Å². The first kappa shape index (κ1) is 15.1. The second-order valence-corrected chi connectivity index (χ2v) is 4.02. The fourth-order valence-corrected chi connectivity index (χ4v) is 1.63. The maximum absolute atomic E-state index is 13.1. The second kappa shape index (κ2) is 5.99. The molecule has 1 heterocycles. The SMILES string of the molecule is O=C(OCc1ccccc1[N+](=O)[O-])n1c(=O)[nH]cc(F)c1=O. The van der Waals surface area contributed by atoms with Crippen molar-refractivity contribution in [2.75, 3.05) is 0 Å². The molecule has 0 amide bonds. The summed E-state index contributed by atoms with van der Waals surface area (Å²) in [5.41, 5.74) is -2.90. The number of carbonyl (C=O) groups is 1. The zero-order valence-corrected chi connectivity index (χ0v) is 10.8. The maximum atomic E-state index is 13.1. The lowest BCUT2D eigenvalue weighted by Crippen LogP contribution is -2.41. The van der Waals surface area contributed by atoms with E-state index in [0.29, 0.717) is 6.20 Å². The lowest BCUT2D eigenvalue weighted by molar-refractivity contribution is -0.385. The van der Waals surface area contributed by atoms with Crippen LogP contribution in [0.4, 0.5) is 14.9 Å². The highest BCUT2D eigenvalue weighted by molar-refractivity contribution is 5.70. The molecule has 0 saturated carbocycles. The summed E-state index contributed by atoms with van der Waals surface area (Å²) in [5.74, 6) is -1.35. The Morgan fingerprint density at radius 3 is 2.73 bits per heavy atom. The summed E-state index contributed by atoms with van der Waals surface area (Å²) < 4.78 is 17.6. The van der Waals surface area contributed by atoms with Crippen LogP contribution >= 0.6 is 0 Å². The van der Waals surface area contributed by atoms with Gasteiger partial charge in [-0.3, -0.25) is 14.9 Å². The van der Waals surface area contributed by atoms with Gasteiger partial charge in [0.1, 0.15) is 6.61 Å². The first-order valence-electron chi connectivity index (χ1n) is 5.81. The monoisotopic (exact) mass is 309 g/mol. The van der Waals surface area contributed by atoms with E-state index in [-0.39, 0.29) is 15.8 Å². The Labute approximate surface area is 120 Å². The minimum atomic E-state index is -1.48. The third kappa shape index (κ3) is 2.90. The fraction of sp³-hybridized carbons (Fsp3) is 0.0833. The van der Waals surface area contributed by atoms with E-state index in [9.17, 15) is 28.9 Å². The molecule has 1 N–H and O–H groups in total. The normalized spacial score (nSPS) is 10.2. The number of nitro groups is 1. The molecule has 0 aliphatic heterocycles. The van der Waals surface area contributed by atoms with E-state index in [1.54, 1.807) is 0 Å². The van der Waals surface area contributed by atoms with Gasteiger partial charge in [0, 0.05) is 12.3 Å². The van der Waals surface area contributed by atoms with E-state index in [2.05, 4.69) is 4.74 Å². The highest BCUT2D eigenvalue weighted by Gasteiger charge is 2.18. The Bertz CT molecular complexity index is 856. The van der Waals surface area contributed by atoms with Crippen LogP contribution in [-0.4, -0.2) is 20.6 Å². The van der Waals surface area contributed by atoms with Crippen molar-refractivity contribution >= 4 is 11.8 Å². The first-order valence-corrected chi connectivity index (χ1v) is 5.81. The number of aromatic amines is 1. The topological polar surface area (TPSA) is 124 Å². The van der Waals surface area contributed by atoms with Crippen LogP contribution in [0.15, 0.2) is 40.1 Å². The van der Waals surface area contributed by atoms with E-state index >= 15 is 0 Å². The molecule has 0 aliphatic rings. The predicted molar refractivity (Wildman–Crippen MR) is 70.0 cm³/mol. The molecule has 0 bridgehead atoms. The van der Waals surface area contributed by atoms with Crippen molar-refractivity contribution in [3.63, 3.8) is 0 Å². The van der Waals surface area contributed by atoms with Crippen LogP contribution in [0.3, 0.4) is 0 Å². The van der Waals surface area contributed by atoms with Gasteiger partial charge in [-0.2, -0.15) is 8.96 Å². The number of carbonyl (C=O) groups excluding carboxylic acids is 1. The summed E-state index contributed by atoms with van der Waals surface area (Å²) in [4.78, 5) is 46.4. The van der Waals surface area contributed by atoms with Gasteiger partial charge in [-0.1, -0.05) is 12.1 Å². The van der Waals surface area contributed by atoms with Gasteiger partial charge in [0.25, 0.3) is 5.69 Å². The minimum absolute atomic E-state index is 0.0572. The number of benzene rings is 1. The Kier molecular flexibility index (Phi) is 4.11. The third-order valence-electron chi connectivity index (χ3n) is 2.65. The molecule has 2 aromatic rings. The number of nitrogens with one attached hydrogen (secondary N) is 1. The highest BCUT2D eigenvalue weighted by atomic mass is 19.1. The lowest BCUT2D eigenvalue weighted by atomic mass is 10.2. The van der Waals surface area contributed by atoms with Gasteiger partial charge in [0.05, 0.1) is 10.5 Å². The van der Waals surface area contributed by atoms with Gasteiger partial charge >= 0.3 is 17.3 Å². The number of rotatable bonds is 3. The van der Waals surface area contributed by atoms with E-state index < -0.39 is 34.7 Å². The van der Waals surface area contributed by atoms with Crippen LogP contribution < -0.4 is 11.2 Å². The van der Waals surface area contributed by atoms with Crippen molar-refractivity contribution < 1.29 is 18.8 Å².